The predicted molar refractivity (Wildman–Crippen MR) is 86.0 cm³/mol. The maximum Gasteiger partial charge on any atom is 0.292 e. The normalized spacial score (nSPS) is 18.7. The fraction of sp³-hybridized carbons (Fsp3) is 0.571. The molecule has 0 saturated carbocycles. The Morgan fingerprint density at radius 1 is 1.48 bits per heavy atom. The van der Waals surface area contributed by atoms with Crippen molar-refractivity contribution < 1.29 is 18.1 Å². The van der Waals surface area contributed by atoms with Crippen LogP contribution in [-0.4, -0.2) is 40.1 Å². The molecule has 0 aromatic heterocycles. The molecule has 1 aromatic carbocycles. The van der Waals surface area contributed by atoms with Crippen molar-refractivity contribution >= 4 is 21.4 Å². The first-order valence-corrected chi connectivity index (χ1v) is 8.85. The Labute approximate surface area is 135 Å². The Morgan fingerprint density at radius 3 is 2.70 bits per heavy atom. The zero-order chi connectivity index (χ0) is 17.2. The Morgan fingerprint density at radius 2 is 2.17 bits per heavy atom. The third-order valence-corrected chi connectivity index (χ3v) is 5.03. The lowest BCUT2D eigenvalue weighted by Crippen LogP contribution is -2.31. The second kappa shape index (κ2) is 6.81. The quantitative estimate of drug-likeness (QED) is 0.638. The Kier molecular flexibility index (Phi) is 5.23. The summed E-state index contributed by atoms with van der Waals surface area (Å²) in [5.74, 6) is 0.257. The molecule has 0 bridgehead atoms. The van der Waals surface area contributed by atoms with Crippen LogP contribution in [0.2, 0.25) is 0 Å². The number of nitrogens with zero attached hydrogens (tertiary/aromatic N) is 2. The SMILES string of the molecule is Cc1cc([N+](=O)[O-])c(N(C)CC2CCCOC2)cc1S(N)(=O)=O. The van der Waals surface area contributed by atoms with Gasteiger partial charge in [0.15, 0.2) is 0 Å². The lowest BCUT2D eigenvalue weighted by molar-refractivity contribution is -0.384. The van der Waals surface area contributed by atoms with Gasteiger partial charge >= 0.3 is 0 Å². The van der Waals surface area contributed by atoms with E-state index in [-0.39, 0.29) is 27.8 Å². The molecule has 0 aliphatic carbocycles. The third kappa shape index (κ3) is 4.18. The first kappa shape index (κ1) is 17.6. The van der Waals surface area contributed by atoms with Gasteiger partial charge in [-0.1, -0.05) is 0 Å². The summed E-state index contributed by atoms with van der Waals surface area (Å²) in [6.07, 6.45) is 1.93. The van der Waals surface area contributed by atoms with Crippen LogP contribution in [0.15, 0.2) is 17.0 Å². The van der Waals surface area contributed by atoms with Crippen LogP contribution in [0, 0.1) is 23.0 Å². The number of rotatable bonds is 5. The van der Waals surface area contributed by atoms with Gasteiger partial charge in [0.05, 0.1) is 16.4 Å². The number of nitrogens with two attached hydrogens (primary N) is 1. The van der Waals surface area contributed by atoms with Crippen LogP contribution in [-0.2, 0) is 14.8 Å². The third-order valence-electron chi connectivity index (χ3n) is 3.97. The van der Waals surface area contributed by atoms with Crippen LogP contribution in [0.25, 0.3) is 0 Å². The highest BCUT2D eigenvalue weighted by molar-refractivity contribution is 7.89. The van der Waals surface area contributed by atoms with Crippen LogP contribution in [0.1, 0.15) is 18.4 Å². The minimum atomic E-state index is -3.94. The molecule has 0 spiro atoms. The van der Waals surface area contributed by atoms with Gasteiger partial charge in [0.1, 0.15) is 5.69 Å². The van der Waals surface area contributed by atoms with Crippen molar-refractivity contribution in [2.24, 2.45) is 11.1 Å². The number of nitro benzene ring substituents is 1. The molecule has 1 saturated heterocycles. The second-order valence-corrected chi connectivity index (χ2v) is 7.40. The maximum atomic E-state index is 11.7. The van der Waals surface area contributed by atoms with Gasteiger partial charge in [-0.3, -0.25) is 10.1 Å². The second-order valence-electron chi connectivity index (χ2n) is 5.87. The number of hydrogen-bond acceptors (Lipinski definition) is 6. The maximum absolute atomic E-state index is 11.7. The molecule has 1 heterocycles. The fourth-order valence-electron chi connectivity index (χ4n) is 2.86. The molecule has 8 nitrogen and oxygen atoms in total. The summed E-state index contributed by atoms with van der Waals surface area (Å²) in [6.45, 7) is 3.38. The molecule has 9 heteroatoms. The molecule has 128 valence electrons. The minimum absolute atomic E-state index is 0.0927. The van der Waals surface area contributed by atoms with Crippen LogP contribution < -0.4 is 10.0 Å². The summed E-state index contributed by atoms with van der Waals surface area (Å²) in [5.41, 5.74) is 0.377. The number of ether oxygens (including phenoxy) is 1. The highest BCUT2D eigenvalue weighted by atomic mass is 32.2. The van der Waals surface area contributed by atoms with Gasteiger partial charge in [-0.05, 0) is 37.3 Å². The number of sulfonamides is 1. The molecule has 0 radical (unpaired) electrons. The number of anilines is 1. The van der Waals surface area contributed by atoms with E-state index in [1.807, 2.05) is 0 Å². The molecule has 0 amide bonds. The molecule has 2 rings (SSSR count). The number of aryl methyl sites for hydroxylation is 1. The average Bonchev–Trinajstić information content (AvgIpc) is 2.46. The summed E-state index contributed by atoms with van der Waals surface area (Å²) in [5, 5.41) is 16.5. The van der Waals surface area contributed by atoms with Crippen molar-refractivity contribution in [3.05, 3.63) is 27.8 Å². The lowest BCUT2D eigenvalue weighted by Gasteiger charge is -2.28. The van der Waals surface area contributed by atoms with E-state index in [9.17, 15) is 18.5 Å². The standard InChI is InChI=1S/C14H21N3O5S/c1-10-6-13(17(18)19)12(7-14(10)23(15,20)21)16(2)8-11-4-3-5-22-9-11/h6-7,11H,3-5,8-9H2,1-2H3,(H2,15,20,21). The smallest absolute Gasteiger partial charge is 0.292 e. The Balaban J connectivity index is 2.39. The molecule has 1 aliphatic heterocycles. The van der Waals surface area contributed by atoms with E-state index in [4.69, 9.17) is 9.88 Å². The number of hydrogen-bond donors (Lipinski definition) is 1. The van der Waals surface area contributed by atoms with Gasteiger partial charge < -0.3 is 9.64 Å². The van der Waals surface area contributed by atoms with Crippen molar-refractivity contribution in [3.63, 3.8) is 0 Å². The van der Waals surface area contributed by atoms with Gasteiger partial charge in [-0.25, -0.2) is 13.6 Å². The number of primary sulfonamides is 1. The summed E-state index contributed by atoms with van der Waals surface area (Å²) in [7, 11) is -2.23. The molecular formula is C14H21N3O5S. The van der Waals surface area contributed by atoms with Crippen LogP contribution in [0.5, 0.6) is 0 Å². The zero-order valence-corrected chi connectivity index (χ0v) is 14.0. The minimum Gasteiger partial charge on any atom is -0.381 e. The van der Waals surface area contributed by atoms with Gasteiger partial charge in [-0.15, -0.1) is 0 Å². The zero-order valence-electron chi connectivity index (χ0n) is 13.2. The van der Waals surface area contributed by atoms with Gasteiger partial charge in [0, 0.05) is 26.3 Å². The molecular weight excluding hydrogens is 322 g/mol. The molecule has 1 aliphatic rings. The van der Waals surface area contributed by atoms with Crippen molar-refractivity contribution in [1.29, 1.82) is 0 Å². The summed E-state index contributed by atoms with van der Waals surface area (Å²) in [4.78, 5) is 12.4. The predicted octanol–water partition coefficient (Wildman–Crippen LogP) is 1.41. The molecule has 1 unspecified atom stereocenters. The van der Waals surface area contributed by atoms with E-state index in [0.717, 1.165) is 19.4 Å². The highest BCUT2D eigenvalue weighted by Crippen LogP contribution is 2.33. The van der Waals surface area contributed by atoms with Crippen molar-refractivity contribution in [1.82, 2.24) is 0 Å². The molecule has 1 atom stereocenters. The van der Waals surface area contributed by atoms with E-state index >= 15 is 0 Å². The summed E-state index contributed by atoms with van der Waals surface area (Å²) in [6, 6.07) is 2.54. The Hall–Kier alpha value is -1.71. The van der Waals surface area contributed by atoms with Gasteiger partial charge in [0.25, 0.3) is 5.69 Å². The number of benzene rings is 1. The topological polar surface area (TPSA) is 116 Å². The first-order chi connectivity index (χ1) is 10.7. The highest BCUT2D eigenvalue weighted by Gasteiger charge is 2.25. The van der Waals surface area contributed by atoms with Gasteiger partial charge in [-0.2, -0.15) is 0 Å². The van der Waals surface area contributed by atoms with Gasteiger partial charge in [0.2, 0.25) is 10.0 Å². The van der Waals surface area contributed by atoms with Crippen molar-refractivity contribution in [3.8, 4) is 0 Å². The summed E-state index contributed by atoms with van der Waals surface area (Å²) >= 11 is 0. The Bertz CT molecular complexity index is 699. The van der Waals surface area contributed by atoms with Crippen LogP contribution in [0.3, 0.4) is 0 Å². The van der Waals surface area contributed by atoms with Crippen LogP contribution in [0.4, 0.5) is 11.4 Å². The monoisotopic (exact) mass is 343 g/mol. The van der Waals surface area contributed by atoms with E-state index in [2.05, 4.69) is 0 Å². The van der Waals surface area contributed by atoms with Crippen molar-refractivity contribution in [2.75, 3.05) is 31.7 Å². The molecule has 1 fully saturated rings. The largest absolute Gasteiger partial charge is 0.381 e. The van der Waals surface area contributed by atoms with E-state index in [0.29, 0.717) is 13.2 Å². The number of nitro groups is 1. The molecule has 23 heavy (non-hydrogen) atoms. The molecule has 2 N–H and O–H groups in total. The first-order valence-electron chi connectivity index (χ1n) is 7.31. The lowest BCUT2D eigenvalue weighted by atomic mass is 10.0. The van der Waals surface area contributed by atoms with E-state index in [1.165, 1.54) is 19.1 Å². The van der Waals surface area contributed by atoms with Crippen LogP contribution >= 0.6 is 0 Å². The summed E-state index contributed by atoms with van der Waals surface area (Å²) < 4.78 is 28.8. The fourth-order valence-corrected chi connectivity index (χ4v) is 3.64. The van der Waals surface area contributed by atoms with E-state index in [1.54, 1.807) is 11.9 Å². The molecule has 1 aromatic rings. The average molecular weight is 343 g/mol. The van der Waals surface area contributed by atoms with E-state index < -0.39 is 14.9 Å². The van der Waals surface area contributed by atoms with Crippen molar-refractivity contribution in [2.45, 2.75) is 24.7 Å².